The number of anilines is 1. The molecule has 0 aliphatic rings. The van der Waals surface area contributed by atoms with E-state index in [-0.39, 0.29) is 11.4 Å². The molecule has 1 aromatic carbocycles. The maximum atomic E-state index is 14.0. The van der Waals surface area contributed by atoms with Crippen LogP contribution in [-0.4, -0.2) is 18.6 Å². The first-order valence-corrected chi connectivity index (χ1v) is 6.47. The molecule has 0 fully saturated rings. The lowest BCUT2D eigenvalue weighted by Gasteiger charge is -2.28. The van der Waals surface area contributed by atoms with Gasteiger partial charge in [-0.05, 0) is 46.8 Å². The van der Waals surface area contributed by atoms with Crippen molar-refractivity contribution < 1.29 is 4.39 Å². The van der Waals surface area contributed by atoms with Crippen molar-refractivity contribution in [3.8, 4) is 0 Å². The molecule has 0 aliphatic carbocycles. The molecular weight excluding hydrogens is 227 g/mol. The van der Waals surface area contributed by atoms with E-state index in [0.717, 1.165) is 11.3 Å². The standard InChI is InChI=1S/C15H25FN2/c1-11(2)18(6)14-9-7-8-13(16)12(14)10-17-15(3,4)5/h7-9,11,17H,10H2,1-6H3. The molecule has 1 aromatic rings. The minimum absolute atomic E-state index is 0.0179. The van der Waals surface area contributed by atoms with E-state index in [9.17, 15) is 4.39 Å². The molecule has 0 atom stereocenters. The number of halogens is 1. The third-order valence-corrected chi connectivity index (χ3v) is 3.04. The highest BCUT2D eigenvalue weighted by molar-refractivity contribution is 5.54. The third kappa shape index (κ3) is 3.98. The van der Waals surface area contributed by atoms with Crippen LogP contribution in [0.1, 0.15) is 40.2 Å². The molecule has 3 heteroatoms. The molecule has 2 nitrogen and oxygen atoms in total. The highest BCUT2D eigenvalue weighted by Gasteiger charge is 2.16. The normalized spacial score (nSPS) is 12.0. The Bertz CT molecular complexity index is 394. The van der Waals surface area contributed by atoms with E-state index in [0.29, 0.717) is 12.6 Å². The second-order valence-corrected chi connectivity index (χ2v) is 6.05. The molecule has 0 saturated carbocycles. The van der Waals surface area contributed by atoms with Gasteiger partial charge in [0.25, 0.3) is 0 Å². The fourth-order valence-corrected chi connectivity index (χ4v) is 1.68. The van der Waals surface area contributed by atoms with E-state index in [4.69, 9.17) is 0 Å². The first-order chi connectivity index (χ1) is 8.22. The Morgan fingerprint density at radius 3 is 2.39 bits per heavy atom. The van der Waals surface area contributed by atoms with Crippen LogP contribution in [-0.2, 0) is 6.54 Å². The first kappa shape index (κ1) is 15.0. The lowest BCUT2D eigenvalue weighted by molar-refractivity contribution is 0.418. The summed E-state index contributed by atoms with van der Waals surface area (Å²) in [4.78, 5) is 2.10. The molecule has 1 N–H and O–H groups in total. The summed E-state index contributed by atoms with van der Waals surface area (Å²) in [7, 11) is 2.00. The Morgan fingerprint density at radius 1 is 1.28 bits per heavy atom. The van der Waals surface area contributed by atoms with Crippen molar-refractivity contribution >= 4 is 5.69 Å². The zero-order valence-electron chi connectivity index (χ0n) is 12.3. The summed E-state index contributed by atoms with van der Waals surface area (Å²) in [6, 6.07) is 5.62. The molecule has 0 amide bonds. The van der Waals surface area contributed by atoms with E-state index in [1.54, 1.807) is 6.07 Å². The lowest BCUT2D eigenvalue weighted by atomic mass is 10.1. The topological polar surface area (TPSA) is 15.3 Å². The van der Waals surface area contributed by atoms with E-state index in [2.05, 4.69) is 44.8 Å². The Balaban J connectivity index is 3.01. The number of nitrogens with one attached hydrogen (secondary N) is 1. The molecule has 0 aromatic heterocycles. The second-order valence-electron chi connectivity index (χ2n) is 6.05. The molecular formula is C15H25FN2. The molecule has 102 valence electrons. The summed E-state index contributed by atoms with van der Waals surface area (Å²) >= 11 is 0. The largest absolute Gasteiger partial charge is 0.372 e. The van der Waals surface area contributed by atoms with E-state index in [1.807, 2.05) is 13.1 Å². The van der Waals surface area contributed by atoms with E-state index in [1.165, 1.54) is 6.07 Å². The van der Waals surface area contributed by atoms with Crippen LogP contribution in [0.25, 0.3) is 0 Å². The van der Waals surface area contributed by atoms with Crippen LogP contribution >= 0.6 is 0 Å². The Kier molecular flexibility index (Phi) is 4.74. The quantitative estimate of drug-likeness (QED) is 0.881. The fourth-order valence-electron chi connectivity index (χ4n) is 1.68. The number of nitrogens with zero attached hydrogens (tertiary/aromatic N) is 1. The van der Waals surface area contributed by atoms with Crippen molar-refractivity contribution in [2.24, 2.45) is 0 Å². The zero-order valence-corrected chi connectivity index (χ0v) is 12.3. The minimum Gasteiger partial charge on any atom is -0.372 e. The number of hydrogen-bond donors (Lipinski definition) is 1. The lowest BCUT2D eigenvalue weighted by Crippen LogP contribution is -2.36. The number of benzene rings is 1. The van der Waals surface area contributed by atoms with Crippen LogP contribution in [0.4, 0.5) is 10.1 Å². The predicted molar refractivity (Wildman–Crippen MR) is 76.5 cm³/mol. The van der Waals surface area contributed by atoms with Gasteiger partial charge in [0.15, 0.2) is 0 Å². The Labute approximate surface area is 110 Å². The highest BCUT2D eigenvalue weighted by Crippen LogP contribution is 2.24. The molecule has 18 heavy (non-hydrogen) atoms. The van der Waals surface area contributed by atoms with Gasteiger partial charge < -0.3 is 10.2 Å². The van der Waals surface area contributed by atoms with Crippen molar-refractivity contribution in [2.75, 3.05) is 11.9 Å². The van der Waals surface area contributed by atoms with Crippen LogP contribution in [0, 0.1) is 5.82 Å². The van der Waals surface area contributed by atoms with Gasteiger partial charge in [-0.3, -0.25) is 0 Å². The fraction of sp³-hybridized carbons (Fsp3) is 0.600. The Morgan fingerprint density at radius 2 is 1.89 bits per heavy atom. The smallest absolute Gasteiger partial charge is 0.129 e. The maximum absolute atomic E-state index is 14.0. The van der Waals surface area contributed by atoms with Crippen molar-refractivity contribution in [1.29, 1.82) is 0 Å². The molecule has 0 bridgehead atoms. The van der Waals surface area contributed by atoms with E-state index >= 15 is 0 Å². The summed E-state index contributed by atoms with van der Waals surface area (Å²) in [5.74, 6) is -0.142. The van der Waals surface area contributed by atoms with Gasteiger partial charge in [-0.15, -0.1) is 0 Å². The van der Waals surface area contributed by atoms with Gasteiger partial charge in [0.05, 0.1) is 0 Å². The van der Waals surface area contributed by atoms with Crippen molar-refractivity contribution in [3.63, 3.8) is 0 Å². The SMILES string of the molecule is CC(C)N(C)c1cccc(F)c1CNC(C)(C)C. The maximum Gasteiger partial charge on any atom is 0.129 e. The van der Waals surface area contributed by atoms with Gasteiger partial charge in [0, 0.05) is 36.4 Å². The third-order valence-electron chi connectivity index (χ3n) is 3.04. The van der Waals surface area contributed by atoms with Crippen LogP contribution in [0.3, 0.4) is 0 Å². The molecule has 0 saturated heterocycles. The number of hydrogen-bond acceptors (Lipinski definition) is 2. The zero-order chi connectivity index (χ0) is 13.9. The summed E-state index contributed by atoms with van der Waals surface area (Å²) in [5, 5.41) is 3.35. The van der Waals surface area contributed by atoms with Gasteiger partial charge in [0.2, 0.25) is 0 Å². The average molecular weight is 252 g/mol. The van der Waals surface area contributed by atoms with Crippen molar-refractivity contribution in [2.45, 2.75) is 52.7 Å². The monoisotopic (exact) mass is 252 g/mol. The van der Waals surface area contributed by atoms with Crippen molar-refractivity contribution in [3.05, 3.63) is 29.6 Å². The molecule has 0 unspecified atom stereocenters. The van der Waals surface area contributed by atoms with Crippen LogP contribution in [0.2, 0.25) is 0 Å². The van der Waals surface area contributed by atoms with Gasteiger partial charge >= 0.3 is 0 Å². The van der Waals surface area contributed by atoms with Gasteiger partial charge in [-0.25, -0.2) is 4.39 Å². The van der Waals surface area contributed by atoms with Gasteiger partial charge in [-0.2, -0.15) is 0 Å². The first-order valence-electron chi connectivity index (χ1n) is 6.47. The predicted octanol–water partition coefficient (Wildman–Crippen LogP) is 3.56. The molecule has 1 rings (SSSR count). The summed E-state index contributed by atoms with van der Waals surface area (Å²) in [5.41, 5.74) is 1.68. The van der Waals surface area contributed by atoms with Crippen LogP contribution in [0.5, 0.6) is 0 Å². The Hall–Kier alpha value is -1.09. The second kappa shape index (κ2) is 5.70. The van der Waals surface area contributed by atoms with Crippen LogP contribution < -0.4 is 10.2 Å². The summed E-state index contributed by atoms with van der Waals surface area (Å²) in [6.45, 7) is 11.0. The van der Waals surface area contributed by atoms with E-state index < -0.39 is 0 Å². The molecule has 0 aliphatic heterocycles. The summed E-state index contributed by atoms with van der Waals surface area (Å²) in [6.07, 6.45) is 0. The molecule has 0 spiro atoms. The van der Waals surface area contributed by atoms with Gasteiger partial charge in [0.1, 0.15) is 5.82 Å². The molecule has 0 radical (unpaired) electrons. The summed E-state index contributed by atoms with van der Waals surface area (Å²) < 4.78 is 14.0. The minimum atomic E-state index is -0.142. The van der Waals surface area contributed by atoms with Crippen molar-refractivity contribution in [1.82, 2.24) is 5.32 Å². The van der Waals surface area contributed by atoms with Crippen LogP contribution in [0.15, 0.2) is 18.2 Å². The number of rotatable bonds is 4. The highest BCUT2D eigenvalue weighted by atomic mass is 19.1. The molecule has 0 heterocycles. The van der Waals surface area contributed by atoms with Gasteiger partial charge in [-0.1, -0.05) is 6.07 Å². The average Bonchev–Trinajstić information content (AvgIpc) is 2.24.